The molecule has 1 N–H and O–H groups in total. The third-order valence-electron chi connectivity index (χ3n) is 3.44. The molecule has 118 valence electrons. The Hall–Kier alpha value is -2.44. The largest absolute Gasteiger partial charge is 0.304 e. The van der Waals surface area contributed by atoms with E-state index in [1.54, 1.807) is 6.08 Å². The number of sulfonamides is 1. The van der Waals surface area contributed by atoms with Gasteiger partial charge in [0.05, 0.1) is 12.2 Å². The van der Waals surface area contributed by atoms with Crippen LogP contribution in [0.1, 0.15) is 17.0 Å². The van der Waals surface area contributed by atoms with Crippen LogP contribution >= 0.6 is 0 Å². The number of nitrogens with zero attached hydrogens (tertiary/aromatic N) is 2. The van der Waals surface area contributed by atoms with Crippen molar-refractivity contribution < 1.29 is 8.42 Å². The van der Waals surface area contributed by atoms with Crippen molar-refractivity contribution in [1.82, 2.24) is 14.1 Å². The fraction of sp³-hybridized carbons (Fsp3) is 0.118. The van der Waals surface area contributed by atoms with Gasteiger partial charge in [0.15, 0.2) is 0 Å². The minimum Gasteiger partial charge on any atom is -0.304 e. The van der Waals surface area contributed by atoms with E-state index >= 15 is 0 Å². The predicted molar refractivity (Wildman–Crippen MR) is 91.2 cm³/mol. The van der Waals surface area contributed by atoms with E-state index in [1.165, 1.54) is 5.41 Å². The van der Waals surface area contributed by atoms with Gasteiger partial charge in [-0.15, -0.1) is 0 Å². The number of rotatable bonds is 5. The fourth-order valence-electron chi connectivity index (χ4n) is 2.24. The number of nitrogens with one attached hydrogen (secondary N) is 1. The molecular weight excluding hydrogens is 310 g/mol. The molecule has 0 aliphatic heterocycles. The van der Waals surface area contributed by atoms with Crippen molar-refractivity contribution in [1.29, 1.82) is 0 Å². The van der Waals surface area contributed by atoms with Gasteiger partial charge in [-0.3, -0.25) is 0 Å². The first-order valence-electron chi connectivity index (χ1n) is 7.20. The second-order valence-electron chi connectivity index (χ2n) is 5.21. The molecular formula is C17H17N3O2S. The molecule has 6 heteroatoms. The standard InChI is InChI=1S/C17H17N3O2S/c1-14-6-5-9-17-19-16(13-20(14)17)12-18-23(21,22)11-10-15-7-3-2-4-8-15/h2-11,13,18H,12H2,1H3/b11-10+. The summed E-state index contributed by atoms with van der Waals surface area (Å²) < 4.78 is 28.5. The number of aromatic nitrogens is 2. The molecule has 0 saturated heterocycles. The second-order valence-corrected chi connectivity index (χ2v) is 6.86. The van der Waals surface area contributed by atoms with Crippen LogP contribution in [0.2, 0.25) is 0 Å². The molecule has 0 radical (unpaired) electrons. The summed E-state index contributed by atoms with van der Waals surface area (Å²) in [7, 11) is -3.51. The summed E-state index contributed by atoms with van der Waals surface area (Å²) in [5.41, 5.74) is 3.37. The third-order valence-corrected chi connectivity index (χ3v) is 4.48. The second kappa shape index (κ2) is 6.36. The van der Waals surface area contributed by atoms with Crippen LogP contribution in [0, 0.1) is 6.92 Å². The van der Waals surface area contributed by atoms with E-state index in [0.29, 0.717) is 5.69 Å². The summed E-state index contributed by atoms with van der Waals surface area (Å²) in [4.78, 5) is 4.41. The number of hydrogen-bond acceptors (Lipinski definition) is 3. The highest BCUT2D eigenvalue weighted by Crippen LogP contribution is 2.09. The Morgan fingerprint density at radius 1 is 1.13 bits per heavy atom. The minimum atomic E-state index is -3.51. The average Bonchev–Trinajstić information content (AvgIpc) is 2.97. The van der Waals surface area contributed by atoms with Crippen molar-refractivity contribution in [2.24, 2.45) is 0 Å². The zero-order valence-electron chi connectivity index (χ0n) is 12.7. The van der Waals surface area contributed by atoms with E-state index < -0.39 is 10.0 Å². The van der Waals surface area contributed by atoms with Crippen molar-refractivity contribution in [3.63, 3.8) is 0 Å². The topological polar surface area (TPSA) is 63.5 Å². The van der Waals surface area contributed by atoms with Crippen LogP contribution in [0.3, 0.4) is 0 Å². The highest BCUT2D eigenvalue weighted by Gasteiger charge is 2.08. The molecule has 1 aromatic carbocycles. The van der Waals surface area contributed by atoms with E-state index in [2.05, 4.69) is 9.71 Å². The molecule has 3 aromatic rings. The Morgan fingerprint density at radius 2 is 1.91 bits per heavy atom. The minimum absolute atomic E-state index is 0.155. The van der Waals surface area contributed by atoms with Crippen LogP contribution in [-0.2, 0) is 16.6 Å². The van der Waals surface area contributed by atoms with Gasteiger partial charge in [0, 0.05) is 17.3 Å². The molecule has 0 amide bonds. The maximum Gasteiger partial charge on any atom is 0.234 e. The highest BCUT2D eigenvalue weighted by molar-refractivity contribution is 7.92. The molecule has 0 fully saturated rings. The van der Waals surface area contributed by atoms with E-state index in [0.717, 1.165) is 16.9 Å². The Balaban J connectivity index is 1.71. The van der Waals surface area contributed by atoms with E-state index in [9.17, 15) is 8.42 Å². The molecule has 0 unspecified atom stereocenters. The molecule has 0 saturated carbocycles. The normalized spacial score (nSPS) is 12.2. The lowest BCUT2D eigenvalue weighted by Crippen LogP contribution is -2.20. The van der Waals surface area contributed by atoms with Crippen LogP contribution in [0.15, 0.2) is 60.1 Å². The molecule has 0 atom stereocenters. The Kier molecular flexibility index (Phi) is 4.27. The maximum atomic E-state index is 12.0. The molecule has 0 bridgehead atoms. The molecule has 3 rings (SSSR count). The summed E-state index contributed by atoms with van der Waals surface area (Å²) in [6.45, 7) is 2.13. The maximum absolute atomic E-state index is 12.0. The molecule has 0 aliphatic rings. The number of benzene rings is 1. The third kappa shape index (κ3) is 3.85. The van der Waals surface area contributed by atoms with Crippen molar-refractivity contribution in [2.45, 2.75) is 13.5 Å². The summed E-state index contributed by atoms with van der Waals surface area (Å²) in [6, 6.07) is 15.1. The molecule has 0 aliphatic carbocycles. The number of aryl methyl sites for hydroxylation is 1. The van der Waals surface area contributed by atoms with Gasteiger partial charge in [-0.05, 0) is 30.7 Å². The number of fused-ring (bicyclic) bond motifs is 1. The van der Waals surface area contributed by atoms with Gasteiger partial charge in [-0.1, -0.05) is 36.4 Å². The van der Waals surface area contributed by atoms with E-state index in [-0.39, 0.29) is 6.54 Å². The van der Waals surface area contributed by atoms with Gasteiger partial charge < -0.3 is 4.40 Å². The van der Waals surface area contributed by atoms with Gasteiger partial charge in [-0.25, -0.2) is 18.1 Å². The number of imidazole rings is 1. The first-order valence-corrected chi connectivity index (χ1v) is 8.74. The molecule has 2 heterocycles. The van der Waals surface area contributed by atoms with Crippen molar-refractivity contribution in [3.8, 4) is 0 Å². The summed E-state index contributed by atoms with van der Waals surface area (Å²) in [6.07, 6.45) is 3.41. The molecule has 2 aromatic heterocycles. The molecule has 5 nitrogen and oxygen atoms in total. The SMILES string of the molecule is Cc1cccc2nc(CNS(=O)(=O)/C=C/c3ccccc3)cn12. The van der Waals surface area contributed by atoms with E-state index in [4.69, 9.17) is 0 Å². The van der Waals surface area contributed by atoms with Gasteiger partial charge >= 0.3 is 0 Å². The zero-order valence-corrected chi connectivity index (χ0v) is 13.5. The summed E-state index contributed by atoms with van der Waals surface area (Å²) in [5, 5.41) is 1.17. The van der Waals surface area contributed by atoms with Crippen molar-refractivity contribution in [2.75, 3.05) is 0 Å². The van der Waals surface area contributed by atoms with Crippen LogP contribution in [0.5, 0.6) is 0 Å². The predicted octanol–water partition coefficient (Wildman–Crippen LogP) is 2.73. The summed E-state index contributed by atoms with van der Waals surface area (Å²) in [5.74, 6) is 0. The number of hydrogen-bond donors (Lipinski definition) is 1. The number of pyridine rings is 1. The first-order chi connectivity index (χ1) is 11.0. The highest BCUT2D eigenvalue weighted by atomic mass is 32.2. The van der Waals surface area contributed by atoms with Gasteiger partial charge in [-0.2, -0.15) is 0 Å². The Labute approximate surface area is 135 Å². The van der Waals surface area contributed by atoms with Gasteiger partial charge in [0.2, 0.25) is 10.0 Å². The monoisotopic (exact) mass is 327 g/mol. The first kappa shape index (κ1) is 15.5. The van der Waals surface area contributed by atoms with Crippen LogP contribution in [0.4, 0.5) is 0 Å². The molecule has 0 spiro atoms. The van der Waals surface area contributed by atoms with Crippen molar-refractivity contribution in [3.05, 3.63) is 77.1 Å². The lowest BCUT2D eigenvalue weighted by Gasteiger charge is -2.00. The fourth-order valence-corrected chi connectivity index (χ4v) is 3.02. The van der Waals surface area contributed by atoms with Crippen LogP contribution in [-0.4, -0.2) is 17.8 Å². The zero-order chi connectivity index (χ0) is 16.3. The van der Waals surface area contributed by atoms with Gasteiger partial charge in [0.1, 0.15) is 5.65 Å². The summed E-state index contributed by atoms with van der Waals surface area (Å²) >= 11 is 0. The van der Waals surface area contributed by atoms with Gasteiger partial charge in [0.25, 0.3) is 0 Å². The smallest absolute Gasteiger partial charge is 0.234 e. The van der Waals surface area contributed by atoms with Crippen LogP contribution < -0.4 is 4.72 Å². The lowest BCUT2D eigenvalue weighted by molar-refractivity contribution is 0.590. The molecule has 23 heavy (non-hydrogen) atoms. The average molecular weight is 327 g/mol. The van der Waals surface area contributed by atoms with Crippen LogP contribution in [0.25, 0.3) is 11.7 Å². The van der Waals surface area contributed by atoms with Crippen molar-refractivity contribution >= 4 is 21.7 Å². The quantitative estimate of drug-likeness (QED) is 0.784. The van der Waals surface area contributed by atoms with E-state index in [1.807, 2.05) is 66.1 Å². The Morgan fingerprint density at radius 3 is 2.65 bits per heavy atom. The lowest BCUT2D eigenvalue weighted by atomic mass is 10.2. The Bertz CT molecular complexity index is 944.